The largest absolute Gasteiger partial charge is 0.492 e. The number of rotatable bonds is 9. The fourth-order valence-electron chi connectivity index (χ4n) is 3.26. The summed E-state index contributed by atoms with van der Waals surface area (Å²) in [7, 11) is -3.36. The Morgan fingerprint density at radius 2 is 1.80 bits per heavy atom. The predicted molar refractivity (Wildman–Crippen MR) is 125 cm³/mol. The Kier molecular flexibility index (Phi) is 7.85. The third-order valence-electron chi connectivity index (χ3n) is 5.10. The second kappa shape index (κ2) is 10.2. The van der Waals surface area contributed by atoms with E-state index in [1.807, 2.05) is 36.0 Å². The smallest absolute Gasteiger partial charge is 0.191 e. The SMILES string of the molecule is CC(C)(C)c1ccc(S(=O)(=O)CNCCOc2ccc(CC3CNCS3)cc2)cc1. The second-order valence-electron chi connectivity index (χ2n) is 8.62. The van der Waals surface area contributed by atoms with E-state index in [0.717, 1.165) is 30.2 Å². The Morgan fingerprint density at radius 1 is 1.10 bits per heavy atom. The van der Waals surface area contributed by atoms with Crippen LogP contribution in [0.5, 0.6) is 5.75 Å². The molecule has 1 aliphatic rings. The summed E-state index contributed by atoms with van der Waals surface area (Å²) in [6.07, 6.45) is 1.06. The molecule has 0 bridgehead atoms. The lowest BCUT2D eigenvalue weighted by molar-refractivity contribution is 0.317. The molecule has 1 saturated heterocycles. The molecule has 2 aromatic rings. The molecule has 164 valence electrons. The molecule has 0 radical (unpaired) electrons. The molecule has 1 atom stereocenters. The molecule has 7 heteroatoms. The van der Waals surface area contributed by atoms with Gasteiger partial charge in [-0.25, -0.2) is 8.42 Å². The van der Waals surface area contributed by atoms with Gasteiger partial charge in [0.25, 0.3) is 0 Å². The first-order chi connectivity index (χ1) is 14.2. The number of benzene rings is 2. The van der Waals surface area contributed by atoms with Crippen LogP contribution in [0, 0.1) is 0 Å². The van der Waals surface area contributed by atoms with Crippen LogP contribution in [0.25, 0.3) is 0 Å². The van der Waals surface area contributed by atoms with Crippen LogP contribution in [-0.2, 0) is 21.7 Å². The molecule has 1 aliphatic heterocycles. The average molecular weight is 449 g/mol. The van der Waals surface area contributed by atoms with Crippen LogP contribution in [0.4, 0.5) is 0 Å². The molecule has 5 nitrogen and oxygen atoms in total. The van der Waals surface area contributed by atoms with Gasteiger partial charge in [-0.15, -0.1) is 11.8 Å². The van der Waals surface area contributed by atoms with Gasteiger partial charge in [0, 0.05) is 24.2 Å². The fraction of sp³-hybridized carbons (Fsp3) is 0.478. The van der Waals surface area contributed by atoms with Gasteiger partial charge < -0.3 is 10.1 Å². The normalized spacial score (nSPS) is 17.2. The highest BCUT2D eigenvalue weighted by atomic mass is 32.2. The predicted octanol–water partition coefficient (Wildman–Crippen LogP) is 3.59. The van der Waals surface area contributed by atoms with E-state index in [9.17, 15) is 8.42 Å². The Hall–Kier alpha value is -1.54. The number of ether oxygens (including phenoxy) is 1. The summed E-state index contributed by atoms with van der Waals surface area (Å²) in [4.78, 5) is 0.343. The van der Waals surface area contributed by atoms with E-state index in [-0.39, 0.29) is 11.3 Å². The molecule has 2 aromatic carbocycles. The van der Waals surface area contributed by atoms with Gasteiger partial charge in [-0.3, -0.25) is 5.32 Å². The highest BCUT2D eigenvalue weighted by molar-refractivity contribution is 8.00. The van der Waals surface area contributed by atoms with E-state index in [4.69, 9.17) is 4.74 Å². The second-order valence-corrected chi connectivity index (χ2v) is 11.9. The van der Waals surface area contributed by atoms with Gasteiger partial charge in [-0.1, -0.05) is 45.0 Å². The zero-order valence-electron chi connectivity index (χ0n) is 18.0. The topological polar surface area (TPSA) is 67.4 Å². The Bertz CT molecular complexity index is 899. The molecule has 0 saturated carbocycles. The third kappa shape index (κ3) is 6.74. The minimum Gasteiger partial charge on any atom is -0.492 e. The summed E-state index contributed by atoms with van der Waals surface area (Å²) >= 11 is 1.96. The Balaban J connectivity index is 1.40. The van der Waals surface area contributed by atoms with Gasteiger partial charge in [0.1, 0.15) is 18.2 Å². The van der Waals surface area contributed by atoms with Crippen molar-refractivity contribution in [3.8, 4) is 5.75 Å². The van der Waals surface area contributed by atoms with Gasteiger partial charge in [-0.05, 0) is 47.2 Å². The molecular formula is C23H32N2O3S2. The summed E-state index contributed by atoms with van der Waals surface area (Å²) in [6.45, 7) is 8.28. The molecule has 2 N–H and O–H groups in total. The molecule has 3 rings (SSSR count). The van der Waals surface area contributed by atoms with Crippen molar-refractivity contribution in [3.63, 3.8) is 0 Å². The monoisotopic (exact) mass is 448 g/mol. The Morgan fingerprint density at radius 3 is 2.40 bits per heavy atom. The molecular weight excluding hydrogens is 416 g/mol. The molecule has 0 spiro atoms. The van der Waals surface area contributed by atoms with Crippen LogP contribution in [0.1, 0.15) is 31.9 Å². The molecule has 1 fully saturated rings. The highest BCUT2D eigenvalue weighted by Gasteiger charge is 2.18. The zero-order valence-corrected chi connectivity index (χ0v) is 19.6. The van der Waals surface area contributed by atoms with Gasteiger partial charge in [0.05, 0.1) is 4.90 Å². The van der Waals surface area contributed by atoms with E-state index in [1.165, 1.54) is 5.56 Å². The van der Waals surface area contributed by atoms with Crippen molar-refractivity contribution in [1.82, 2.24) is 10.6 Å². The van der Waals surface area contributed by atoms with Crippen LogP contribution in [0.2, 0.25) is 0 Å². The van der Waals surface area contributed by atoms with E-state index in [1.54, 1.807) is 12.1 Å². The number of thioether (sulfide) groups is 1. The van der Waals surface area contributed by atoms with Crippen LogP contribution in [0.3, 0.4) is 0 Å². The number of nitrogens with one attached hydrogen (secondary N) is 2. The molecule has 0 aromatic heterocycles. The minimum atomic E-state index is -3.36. The van der Waals surface area contributed by atoms with Crippen LogP contribution in [0.15, 0.2) is 53.4 Å². The van der Waals surface area contributed by atoms with Crippen molar-refractivity contribution in [2.75, 3.05) is 31.4 Å². The van der Waals surface area contributed by atoms with E-state index in [2.05, 4.69) is 43.5 Å². The number of sulfone groups is 1. The molecule has 0 aliphatic carbocycles. The maximum Gasteiger partial charge on any atom is 0.191 e. The van der Waals surface area contributed by atoms with Gasteiger partial charge in [-0.2, -0.15) is 0 Å². The van der Waals surface area contributed by atoms with E-state index in [0.29, 0.717) is 23.3 Å². The number of hydrogen-bond acceptors (Lipinski definition) is 6. The summed E-state index contributed by atoms with van der Waals surface area (Å²) in [5.74, 6) is 1.74. The lowest BCUT2D eigenvalue weighted by atomic mass is 9.87. The molecule has 30 heavy (non-hydrogen) atoms. The lowest BCUT2D eigenvalue weighted by Gasteiger charge is -2.19. The lowest BCUT2D eigenvalue weighted by Crippen LogP contribution is -2.27. The van der Waals surface area contributed by atoms with E-state index < -0.39 is 9.84 Å². The average Bonchev–Trinajstić information content (AvgIpc) is 3.21. The maximum absolute atomic E-state index is 12.5. The fourth-order valence-corrected chi connectivity index (χ4v) is 5.41. The van der Waals surface area contributed by atoms with Crippen molar-refractivity contribution in [1.29, 1.82) is 0 Å². The Labute approximate surface area is 184 Å². The third-order valence-corrected chi connectivity index (χ3v) is 7.85. The summed E-state index contributed by atoms with van der Waals surface area (Å²) < 4.78 is 30.7. The van der Waals surface area contributed by atoms with Crippen LogP contribution in [-0.4, -0.2) is 45.1 Å². The highest BCUT2D eigenvalue weighted by Crippen LogP contribution is 2.24. The minimum absolute atomic E-state index is 0.00273. The summed E-state index contributed by atoms with van der Waals surface area (Å²) in [6, 6.07) is 15.3. The van der Waals surface area contributed by atoms with Crippen LogP contribution < -0.4 is 15.4 Å². The van der Waals surface area contributed by atoms with Gasteiger partial charge >= 0.3 is 0 Å². The van der Waals surface area contributed by atoms with Crippen molar-refractivity contribution < 1.29 is 13.2 Å². The quantitative estimate of drug-likeness (QED) is 0.572. The molecule has 1 unspecified atom stereocenters. The first-order valence-corrected chi connectivity index (χ1v) is 13.0. The van der Waals surface area contributed by atoms with Crippen LogP contribution >= 0.6 is 11.8 Å². The van der Waals surface area contributed by atoms with Crippen molar-refractivity contribution in [2.24, 2.45) is 0 Å². The maximum atomic E-state index is 12.5. The first kappa shape index (κ1) is 23.1. The number of hydrogen-bond donors (Lipinski definition) is 2. The zero-order chi connectivity index (χ0) is 21.6. The van der Waals surface area contributed by atoms with Crippen molar-refractivity contribution >= 4 is 21.6 Å². The molecule has 1 heterocycles. The van der Waals surface area contributed by atoms with Gasteiger partial charge in [0.15, 0.2) is 9.84 Å². The summed E-state index contributed by atoms with van der Waals surface area (Å²) in [5, 5.41) is 6.98. The first-order valence-electron chi connectivity index (χ1n) is 10.3. The van der Waals surface area contributed by atoms with Crippen molar-refractivity contribution in [2.45, 2.75) is 42.8 Å². The van der Waals surface area contributed by atoms with Crippen molar-refractivity contribution in [3.05, 3.63) is 59.7 Å². The molecule has 0 amide bonds. The van der Waals surface area contributed by atoms with E-state index >= 15 is 0 Å². The summed E-state index contributed by atoms with van der Waals surface area (Å²) in [5.41, 5.74) is 2.43. The standard InChI is InChI=1S/C23H32N2O3S2/c1-23(2,3)19-6-10-22(11-7-19)30(26,27)17-24-12-13-28-20-8-4-18(5-9-20)14-21-15-25-16-29-21/h4-11,21,24-25H,12-17H2,1-3H3. The van der Waals surface area contributed by atoms with Gasteiger partial charge in [0.2, 0.25) is 0 Å².